The lowest BCUT2D eigenvalue weighted by molar-refractivity contribution is -0.295. The van der Waals surface area contributed by atoms with E-state index in [9.17, 15) is 18.0 Å². The van der Waals surface area contributed by atoms with E-state index < -0.39 is 18.4 Å². The number of rotatable bonds is 4. The molecule has 1 N–H and O–H groups in total. The minimum absolute atomic E-state index is 0.00751. The molecule has 0 atom stereocenters. The zero-order valence-electron chi connectivity index (χ0n) is 13.9. The molecule has 8 bridgehead atoms. The molecule has 0 heterocycles. The molecule has 7 rings (SSSR count). The van der Waals surface area contributed by atoms with Crippen LogP contribution in [0.2, 0.25) is 0 Å². The van der Waals surface area contributed by atoms with Gasteiger partial charge in [0.15, 0.2) is 0 Å². The number of nitrogens with one attached hydrogen (secondary N) is 1. The fraction of sp³-hybridized carbons (Fsp3) is 0.944. The minimum Gasteiger partial charge on any atom is -0.366 e. The molecule has 0 radical (unpaired) electrons. The second kappa shape index (κ2) is 5.06. The third kappa shape index (κ3) is 2.39. The maximum absolute atomic E-state index is 12.7. The zero-order chi connectivity index (χ0) is 17.6. The highest BCUT2D eigenvalue weighted by atomic mass is 35.5. The van der Waals surface area contributed by atoms with Crippen LogP contribution in [0.1, 0.15) is 38.5 Å². The van der Waals surface area contributed by atoms with Gasteiger partial charge < -0.3 is 10.1 Å². The van der Waals surface area contributed by atoms with Gasteiger partial charge in [-0.25, -0.2) is 0 Å². The molecule has 0 unspecified atom stereocenters. The monoisotopic (exact) mass is 377 g/mol. The van der Waals surface area contributed by atoms with E-state index >= 15 is 0 Å². The molecule has 0 aromatic heterocycles. The van der Waals surface area contributed by atoms with E-state index in [-0.39, 0.29) is 17.3 Å². The largest absolute Gasteiger partial charge is 0.411 e. The average Bonchev–Trinajstić information content (AvgIpc) is 2.56. The molecule has 0 aliphatic heterocycles. The predicted octanol–water partition coefficient (Wildman–Crippen LogP) is 3.50. The summed E-state index contributed by atoms with van der Waals surface area (Å²) in [6.45, 7) is -1.12. The van der Waals surface area contributed by atoms with E-state index in [2.05, 4.69) is 5.32 Å². The predicted molar refractivity (Wildman–Crippen MR) is 85.0 cm³/mol. The van der Waals surface area contributed by atoms with Crippen molar-refractivity contribution in [2.24, 2.45) is 35.5 Å². The number of carbonyl (C=O) groups is 1. The van der Waals surface area contributed by atoms with Gasteiger partial charge in [0.25, 0.3) is 0 Å². The molecular formula is C18H23ClF3NO2. The highest BCUT2D eigenvalue weighted by molar-refractivity contribution is 6.27. The summed E-state index contributed by atoms with van der Waals surface area (Å²) in [7, 11) is 0. The SMILES string of the molecule is O=C(CCl)NC12CC3C4CC5(OCC(F)(F)F)CC3C(C1)C(C5)C4C2. The Hall–Kier alpha value is -0.490. The van der Waals surface area contributed by atoms with Crippen molar-refractivity contribution in [3.8, 4) is 0 Å². The van der Waals surface area contributed by atoms with Crippen LogP contribution >= 0.6 is 11.6 Å². The molecule has 7 fully saturated rings. The van der Waals surface area contributed by atoms with Crippen molar-refractivity contribution in [3.05, 3.63) is 0 Å². The summed E-state index contributed by atoms with van der Waals surface area (Å²) in [6, 6.07) is 0. The molecule has 7 aliphatic carbocycles. The molecule has 7 saturated carbocycles. The van der Waals surface area contributed by atoms with Crippen molar-refractivity contribution in [2.75, 3.05) is 12.5 Å². The zero-order valence-corrected chi connectivity index (χ0v) is 14.7. The lowest BCUT2D eigenvalue weighted by Gasteiger charge is -2.74. The fourth-order valence-corrected chi connectivity index (χ4v) is 7.82. The molecular weight excluding hydrogens is 355 g/mol. The molecule has 0 aromatic carbocycles. The van der Waals surface area contributed by atoms with Gasteiger partial charge >= 0.3 is 6.18 Å². The molecule has 7 aliphatic rings. The third-order valence-electron chi connectivity index (χ3n) is 8.07. The van der Waals surface area contributed by atoms with Crippen LogP contribution < -0.4 is 5.32 Å². The molecule has 0 saturated heterocycles. The maximum Gasteiger partial charge on any atom is 0.411 e. The molecule has 0 aromatic rings. The summed E-state index contributed by atoms with van der Waals surface area (Å²) in [6.07, 6.45) is 0.990. The number of alkyl halides is 4. The van der Waals surface area contributed by atoms with Crippen LogP contribution in [0.15, 0.2) is 0 Å². The molecule has 7 heteroatoms. The van der Waals surface area contributed by atoms with Gasteiger partial charge in [0.05, 0.1) is 5.60 Å². The Bertz CT molecular complexity index is 545. The summed E-state index contributed by atoms with van der Waals surface area (Å²) in [5, 5.41) is 3.21. The first-order chi connectivity index (χ1) is 11.7. The van der Waals surface area contributed by atoms with Crippen LogP contribution in [0, 0.1) is 35.5 Å². The van der Waals surface area contributed by atoms with Gasteiger partial charge in [0.2, 0.25) is 5.91 Å². The number of carbonyl (C=O) groups excluding carboxylic acids is 1. The second-order valence-electron chi connectivity index (χ2n) is 9.26. The van der Waals surface area contributed by atoms with E-state index in [4.69, 9.17) is 16.3 Å². The Morgan fingerprint density at radius 2 is 1.40 bits per heavy atom. The molecule has 3 nitrogen and oxygen atoms in total. The van der Waals surface area contributed by atoms with Gasteiger partial charge in [-0.2, -0.15) is 13.2 Å². The number of ether oxygens (including phenoxy) is 1. The standard InChI is InChI=1S/C18H23ClF3NO2/c19-7-15(24)23-16-1-9-12-4-17(25-8-18(20,21)22)5-13(9)11(3-16)14(6-17)10(12)2-16/h9-14H,1-8H2,(H,23,24). The van der Waals surface area contributed by atoms with Crippen molar-refractivity contribution < 1.29 is 22.7 Å². The van der Waals surface area contributed by atoms with Gasteiger partial charge in [0, 0.05) is 5.54 Å². The number of amides is 1. The van der Waals surface area contributed by atoms with Crippen molar-refractivity contribution in [3.63, 3.8) is 0 Å². The Labute approximate surface area is 150 Å². The Balaban J connectivity index is 1.39. The van der Waals surface area contributed by atoms with Gasteiger partial charge in [-0.05, 0) is 74.0 Å². The van der Waals surface area contributed by atoms with E-state index in [1.54, 1.807) is 0 Å². The lowest BCUT2D eigenvalue weighted by atomic mass is 9.33. The first-order valence-electron chi connectivity index (χ1n) is 9.31. The normalized spacial score (nSPS) is 52.0. The van der Waals surface area contributed by atoms with Crippen molar-refractivity contribution in [1.82, 2.24) is 5.32 Å². The second-order valence-corrected chi connectivity index (χ2v) is 9.52. The van der Waals surface area contributed by atoms with E-state index in [0.717, 1.165) is 38.5 Å². The summed E-state index contributed by atoms with van der Waals surface area (Å²) in [4.78, 5) is 11.9. The number of halogens is 4. The van der Waals surface area contributed by atoms with Crippen LogP contribution in [0.3, 0.4) is 0 Å². The molecule has 0 spiro atoms. The van der Waals surface area contributed by atoms with Gasteiger partial charge in [-0.15, -0.1) is 11.6 Å². The summed E-state index contributed by atoms with van der Waals surface area (Å²) < 4.78 is 43.6. The highest BCUT2D eigenvalue weighted by Crippen LogP contribution is 2.73. The fourth-order valence-electron chi connectivity index (χ4n) is 7.76. The molecule has 140 valence electrons. The number of hydrogen-bond acceptors (Lipinski definition) is 2. The van der Waals surface area contributed by atoms with Crippen LogP contribution in [0.4, 0.5) is 13.2 Å². The molecule has 25 heavy (non-hydrogen) atoms. The molecule has 1 amide bonds. The summed E-state index contributed by atoms with van der Waals surface area (Å²) in [5.74, 6) is 2.93. The van der Waals surface area contributed by atoms with Crippen LogP contribution in [0.5, 0.6) is 0 Å². The van der Waals surface area contributed by atoms with Gasteiger partial charge in [-0.1, -0.05) is 0 Å². The van der Waals surface area contributed by atoms with Crippen molar-refractivity contribution in [2.45, 2.75) is 55.8 Å². The Morgan fingerprint density at radius 3 is 1.80 bits per heavy atom. The van der Waals surface area contributed by atoms with Crippen molar-refractivity contribution in [1.29, 1.82) is 0 Å². The van der Waals surface area contributed by atoms with Crippen LogP contribution in [-0.4, -0.2) is 35.7 Å². The minimum atomic E-state index is -4.25. The van der Waals surface area contributed by atoms with Gasteiger partial charge in [0.1, 0.15) is 12.5 Å². The van der Waals surface area contributed by atoms with Crippen LogP contribution in [-0.2, 0) is 9.53 Å². The Morgan fingerprint density at radius 1 is 0.960 bits per heavy atom. The first-order valence-corrected chi connectivity index (χ1v) is 9.84. The quantitative estimate of drug-likeness (QED) is 0.761. The van der Waals surface area contributed by atoms with E-state index in [0.29, 0.717) is 35.5 Å². The topological polar surface area (TPSA) is 38.3 Å². The summed E-state index contributed by atoms with van der Waals surface area (Å²) in [5.41, 5.74) is -0.657. The van der Waals surface area contributed by atoms with Gasteiger partial charge in [-0.3, -0.25) is 4.79 Å². The average molecular weight is 378 g/mol. The summed E-state index contributed by atoms with van der Waals surface area (Å²) >= 11 is 5.69. The maximum atomic E-state index is 12.7. The van der Waals surface area contributed by atoms with Crippen molar-refractivity contribution >= 4 is 17.5 Å². The smallest absolute Gasteiger partial charge is 0.366 e. The van der Waals surface area contributed by atoms with Crippen LogP contribution in [0.25, 0.3) is 0 Å². The first kappa shape index (κ1) is 16.7. The third-order valence-corrected chi connectivity index (χ3v) is 8.31. The van der Waals surface area contributed by atoms with E-state index in [1.165, 1.54) is 0 Å². The van der Waals surface area contributed by atoms with E-state index in [1.807, 2.05) is 0 Å². The Kier molecular flexibility index (Phi) is 3.37. The lowest BCUT2D eigenvalue weighted by Crippen LogP contribution is -2.74. The number of hydrogen-bond donors (Lipinski definition) is 1. The highest BCUT2D eigenvalue weighted by Gasteiger charge is 2.71.